The second kappa shape index (κ2) is 9.70. The topological polar surface area (TPSA) is 94.9 Å². The minimum absolute atomic E-state index is 0.0356. The molecule has 32 heavy (non-hydrogen) atoms. The molecule has 1 aromatic heterocycles. The van der Waals surface area contributed by atoms with E-state index in [1.165, 1.54) is 29.6 Å². The van der Waals surface area contributed by atoms with E-state index in [1.807, 2.05) is 18.4 Å². The van der Waals surface area contributed by atoms with Gasteiger partial charge in [-0.05, 0) is 51.0 Å². The van der Waals surface area contributed by atoms with E-state index in [9.17, 15) is 18.0 Å². The number of methoxy groups -OCH3 is 1. The smallest absolute Gasteiger partial charge is 0.338 e. The van der Waals surface area contributed by atoms with Gasteiger partial charge in [-0.2, -0.15) is 4.31 Å². The zero-order valence-corrected chi connectivity index (χ0v) is 19.4. The number of benzene rings is 1. The third kappa shape index (κ3) is 4.63. The van der Waals surface area contributed by atoms with Crippen LogP contribution >= 0.6 is 0 Å². The predicted octanol–water partition coefficient (Wildman–Crippen LogP) is 3.12. The summed E-state index contributed by atoms with van der Waals surface area (Å²) in [5, 5.41) is 0. The number of aryl methyl sites for hydroxylation is 1. The number of nitrogens with zero attached hydrogens (tertiary/aromatic N) is 2. The highest BCUT2D eigenvalue weighted by Gasteiger charge is 2.31. The normalized spacial score (nSPS) is 14.3. The molecule has 0 unspecified atom stereocenters. The van der Waals surface area contributed by atoms with E-state index >= 15 is 0 Å². The Kier molecular flexibility index (Phi) is 7.20. The summed E-state index contributed by atoms with van der Waals surface area (Å²) in [7, 11) is -2.43. The molecule has 8 nitrogen and oxygen atoms in total. The molecule has 0 atom stereocenters. The quantitative estimate of drug-likeness (QED) is 0.324. The molecule has 1 aromatic carbocycles. The molecule has 0 aliphatic carbocycles. The number of carbonyl (C=O) groups excluding carboxylic acids is 2. The van der Waals surface area contributed by atoms with Crippen molar-refractivity contribution < 1.29 is 27.5 Å². The van der Waals surface area contributed by atoms with Crippen LogP contribution in [0.3, 0.4) is 0 Å². The average molecular weight is 461 g/mol. The van der Waals surface area contributed by atoms with Crippen LogP contribution in [0.15, 0.2) is 41.8 Å². The van der Waals surface area contributed by atoms with Crippen molar-refractivity contribution in [3.05, 3.63) is 59.4 Å². The number of ketones is 1. The molecule has 0 amide bonds. The van der Waals surface area contributed by atoms with Gasteiger partial charge >= 0.3 is 5.97 Å². The van der Waals surface area contributed by atoms with Gasteiger partial charge in [0.05, 0.1) is 12.7 Å². The zero-order chi connectivity index (χ0) is 23.5. The SMILES string of the molecule is C=CCn1c(C)cc(C(=O)COC(=O)c2ccc(OC)c(S(=O)(=O)N3CCCC3)c2)c1C. The van der Waals surface area contributed by atoms with Crippen LogP contribution in [0, 0.1) is 13.8 Å². The maximum absolute atomic E-state index is 13.0. The summed E-state index contributed by atoms with van der Waals surface area (Å²) >= 11 is 0. The first-order valence-electron chi connectivity index (χ1n) is 10.4. The first kappa shape index (κ1) is 23.7. The average Bonchev–Trinajstić information content (AvgIpc) is 3.42. The Hall–Kier alpha value is -2.91. The monoisotopic (exact) mass is 460 g/mol. The van der Waals surface area contributed by atoms with E-state index in [1.54, 1.807) is 12.1 Å². The highest BCUT2D eigenvalue weighted by molar-refractivity contribution is 7.89. The van der Waals surface area contributed by atoms with Gasteiger partial charge in [0.1, 0.15) is 10.6 Å². The molecule has 1 aliphatic heterocycles. The molecule has 9 heteroatoms. The number of allylic oxidation sites excluding steroid dienone is 1. The number of ether oxygens (including phenoxy) is 2. The summed E-state index contributed by atoms with van der Waals surface area (Å²) in [5.41, 5.74) is 2.19. The highest BCUT2D eigenvalue weighted by atomic mass is 32.2. The van der Waals surface area contributed by atoms with E-state index in [0.717, 1.165) is 24.2 Å². The molecular formula is C23H28N2O6S. The van der Waals surface area contributed by atoms with Crippen molar-refractivity contribution >= 4 is 21.8 Å². The molecule has 0 N–H and O–H groups in total. The molecule has 1 saturated heterocycles. The van der Waals surface area contributed by atoms with Gasteiger partial charge < -0.3 is 14.0 Å². The van der Waals surface area contributed by atoms with Crippen LogP contribution in [0.5, 0.6) is 5.75 Å². The van der Waals surface area contributed by atoms with E-state index in [0.29, 0.717) is 25.2 Å². The van der Waals surface area contributed by atoms with Crippen molar-refractivity contribution in [3.8, 4) is 5.75 Å². The van der Waals surface area contributed by atoms with Crippen LogP contribution in [0.4, 0.5) is 0 Å². The van der Waals surface area contributed by atoms with Gasteiger partial charge in [-0.1, -0.05) is 6.08 Å². The van der Waals surface area contributed by atoms with Crippen molar-refractivity contribution in [1.82, 2.24) is 8.87 Å². The lowest BCUT2D eigenvalue weighted by atomic mass is 10.1. The molecule has 2 heterocycles. The van der Waals surface area contributed by atoms with Gasteiger partial charge in [0.15, 0.2) is 6.61 Å². The lowest BCUT2D eigenvalue weighted by Crippen LogP contribution is -2.28. The van der Waals surface area contributed by atoms with E-state index in [2.05, 4.69) is 6.58 Å². The van der Waals surface area contributed by atoms with E-state index in [-0.39, 0.29) is 22.0 Å². The maximum Gasteiger partial charge on any atom is 0.338 e. The molecule has 1 aliphatic rings. The highest BCUT2D eigenvalue weighted by Crippen LogP contribution is 2.30. The molecule has 2 aromatic rings. The van der Waals surface area contributed by atoms with Crippen molar-refractivity contribution in [2.45, 2.75) is 38.1 Å². The molecule has 0 spiro atoms. The summed E-state index contributed by atoms with van der Waals surface area (Å²) in [6, 6.07) is 5.84. The van der Waals surface area contributed by atoms with Crippen LogP contribution < -0.4 is 4.74 Å². The van der Waals surface area contributed by atoms with E-state index < -0.39 is 22.6 Å². The Balaban J connectivity index is 1.78. The lowest BCUT2D eigenvalue weighted by Gasteiger charge is -2.18. The Morgan fingerprint density at radius 2 is 1.84 bits per heavy atom. The van der Waals surface area contributed by atoms with Crippen LogP contribution in [-0.4, -0.2) is 55.8 Å². The van der Waals surface area contributed by atoms with Gasteiger partial charge in [-0.25, -0.2) is 13.2 Å². The summed E-state index contributed by atoms with van der Waals surface area (Å²) in [5.74, 6) is -0.960. The number of hydrogen-bond donors (Lipinski definition) is 0. The van der Waals surface area contributed by atoms with E-state index in [4.69, 9.17) is 9.47 Å². The summed E-state index contributed by atoms with van der Waals surface area (Å²) in [4.78, 5) is 25.1. The van der Waals surface area contributed by atoms with Crippen molar-refractivity contribution in [3.63, 3.8) is 0 Å². The fourth-order valence-corrected chi connectivity index (χ4v) is 5.56. The molecular weight excluding hydrogens is 432 g/mol. The summed E-state index contributed by atoms with van der Waals surface area (Å²) < 4.78 is 39.7. The number of hydrogen-bond acceptors (Lipinski definition) is 6. The number of aromatic nitrogens is 1. The Morgan fingerprint density at radius 3 is 2.47 bits per heavy atom. The second-order valence-corrected chi connectivity index (χ2v) is 9.57. The van der Waals surface area contributed by atoms with Gasteiger partial charge in [-0.15, -0.1) is 6.58 Å². The minimum Gasteiger partial charge on any atom is -0.495 e. The predicted molar refractivity (Wildman–Crippen MR) is 120 cm³/mol. The van der Waals surface area contributed by atoms with Gasteiger partial charge in [0, 0.05) is 36.6 Å². The Morgan fingerprint density at radius 1 is 1.16 bits per heavy atom. The lowest BCUT2D eigenvalue weighted by molar-refractivity contribution is 0.0474. The second-order valence-electron chi connectivity index (χ2n) is 7.66. The molecule has 1 fully saturated rings. The van der Waals surface area contributed by atoms with Gasteiger partial charge in [0.2, 0.25) is 15.8 Å². The maximum atomic E-state index is 13.0. The standard InChI is InChI=1S/C23H28N2O6S/c1-5-10-25-16(2)13-19(17(25)3)20(26)15-31-23(27)18-8-9-21(30-4)22(14-18)32(28,29)24-11-6-7-12-24/h5,8-9,13-14H,1,6-7,10-12,15H2,2-4H3. The van der Waals surface area contributed by atoms with Crippen molar-refractivity contribution in [2.24, 2.45) is 0 Å². The van der Waals surface area contributed by atoms with Crippen molar-refractivity contribution in [1.29, 1.82) is 0 Å². The molecule has 0 saturated carbocycles. The molecule has 0 radical (unpaired) electrons. The van der Waals surface area contributed by atoms with Gasteiger partial charge in [0.25, 0.3) is 0 Å². The van der Waals surface area contributed by atoms with Crippen LogP contribution in [-0.2, 0) is 21.3 Å². The number of esters is 1. The fraction of sp³-hybridized carbons (Fsp3) is 0.391. The van der Waals surface area contributed by atoms with Crippen molar-refractivity contribution in [2.75, 3.05) is 26.8 Å². The van der Waals surface area contributed by atoms with Crippen LogP contribution in [0.2, 0.25) is 0 Å². The Labute approximate surface area is 188 Å². The first-order valence-corrected chi connectivity index (χ1v) is 11.8. The third-order valence-electron chi connectivity index (χ3n) is 5.60. The first-order chi connectivity index (χ1) is 15.2. The zero-order valence-electron chi connectivity index (χ0n) is 18.6. The number of rotatable bonds is 9. The van der Waals surface area contributed by atoms with Crippen LogP contribution in [0.25, 0.3) is 0 Å². The third-order valence-corrected chi connectivity index (χ3v) is 7.52. The Bertz CT molecular complexity index is 1140. The molecule has 3 rings (SSSR count). The van der Waals surface area contributed by atoms with Crippen LogP contribution in [0.1, 0.15) is 44.9 Å². The number of carbonyl (C=O) groups is 2. The summed E-state index contributed by atoms with van der Waals surface area (Å²) in [6.07, 6.45) is 3.32. The fourth-order valence-electron chi connectivity index (χ4n) is 3.86. The number of sulfonamides is 1. The largest absolute Gasteiger partial charge is 0.495 e. The minimum atomic E-state index is -3.80. The molecule has 0 bridgehead atoms. The summed E-state index contributed by atoms with van der Waals surface area (Å²) in [6.45, 7) is 8.42. The molecule has 172 valence electrons. The number of Topliss-reactive ketones (excluding diaryl/α,β-unsaturated/α-hetero) is 1. The van der Waals surface area contributed by atoms with Gasteiger partial charge in [-0.3, -0.25) is 4.79 Å².